The molecule has 0 amide bonds. The van der Waals surface area contributed by atoms with Crippen LogP contribution in [0, 0.1) is 0 Å². The second-order valence-corrected chi connectivity index (χ2v) is 4.00. The highest BCUT2D eigenvalue weighted by molar-refractivity contribution is 5.85. The van der Waals surface area contributed by atoms with Gasteiger partial charge in [-0.3, -0.25) is 0 Å². The van der Waals surface area contributed by atoms with Gasteiger partial charge in [-0.25, -0.2) is 9.78 Å². The molecule has 1 aliphatic rings. The summed E-state index contributed by atoms with van der Waals surface area (Å²) in [4.78, 5) is 14.8. The number of hydrogen-bond acceptors (Lipinski definition) is 5. The van der Waals surface area contributed by atoms with E-state index in [1.807, 2.05) is 6.92 Å². The Hall–Kier alpha value is -1.66. The van der Waals surface area contributed by atoms with Crippen molar-refractivity contribution in [2.75, 3.05) is 25.1 Å². The smallest absolute Gasteiger partial charge is 0.354 e. The first-order valence-corrected chi connectivity index (χ1v) is 5.87. The number of hydrogen-bond donors (Lipinski definition) is 2. The molecule has 1 aliphatic heterocycles. The monoisotopic (exact) mass is 252 g/mol. The molecule has 18 heavy (non-hydrogen) atoms. The molecule has 0 aromatic carbocycles. The van der Waals surface area contributed by atoms with Crippen molar-refractivity contribution in [3.63, 3.8) is 0 Å². The van der Waals surface area contributed by atoms with E-state index in [4.69, 9.17) is 14.6 Å². The quantitative estimate of drug-likeness (QED) is 0.813. The van der Waals surface area contributed by atoms with Gasteiger partial charge in [0.15, 0.2) is 5.69 Å². The van der Waals surface area contributed by atoms with Crippen molar-refractivity contribution < 1.29 is 19.4 Å². The second kappa shape index (κ2) is 5.79. The number of carboxylic acid groups (broad SMARTS) is 1. The van der Waals surface area contributed by atoms with Crippen molar-refractivity contribution in [3.8, 4) is 0 Å². The van der Waals surface area contributed by atoms with E-state index < -0.39 is 5.97 Å². The van der Waals surface area contributed by atoms with Crippen molar-refractivity contribution in [1.29, 1.82) is 0 Å². The Kier molecular flexibility index (Phi) is 4.11. The molecule has 2 N–H and O–H groups in total. The third-order valence-corrected chi connectivity index (χ3v) is 2.71. The number of nitrogens with one attached hydrogen (secondary N) is 1. The molecule has 6 nitrogen and oxygen atoms in total. The lowest BCUT2D eigenvalue weighted by molar-refractivity contribution is 0.0478. The van der Waals surface area contributed by atoms with Crippen molar-refractivity contribution in [2.45, 2.75) is 19.1 Å². The van der Waals surface area contributed by atoms with Crippen LogP contribution in [0.25, 0.3) is 0 Å². The van der Waals surface area contributed by atoms with Gasteiger partial charge < -0.3 is 19.9 Å². The van der Waals surface area contributed by atoms with Crippen LogP contribution in [-0.2, 0) is 9.47 Å². The summed E-state index contributed by atoms with van der Waals surface area (Å²) in [5.41, 5.74) is 0.0203. The third kappa shape index (κ3) is 2.96. The number of nitrogens with zero attached hydrogens (tertiary/aromatic N) is 1. The maximum Gasteiger partial charge on any atom is 0.354 e. The van der Waals surface area contributed by atoms with E-state index in [1.165, 1.54) is 6.07 Å². The first kappa shape index (κ1) is 12.8. The van der Waals surface area contributed by atoms with E-state index in [-0.39, 0.29) is 17.8 Å². The van der Waals surface area contributed by atoms with Crippen LogP contribution in [0.2, 0.25) is 0 Å². The summed E-state index contributed by atoms with van der Waals surface area (Å²) in [5, 5.41) is 12.0. The molecular weight excluding hydrogens is 236 g/mol. The Morgan fingerprint density at radius 2 is 2.44 bits per heavy atom. The predicted molar refractivity (Wildman–Crippen MR) is 64.8 cm³/mol. The van der Waals surface area contributed by atoms with E-state index >= 15 is 0 Å². The number of pyridine rings is 1. The first-order chi connectivity index (χ1) is 8.70. The Balaban J connectivity index is 2.04. The van der Waals surface area contributed by atoms with Gasteiger partial charge in [-0.2, -0.15) is 0 Å². The van der Waals surface area contributed by atoms with Gasteiger partial charge in [0.05, 0.1) is 19.3 Å². The average molecular weight is 252 g/mol. The highest BCUT2D eigenvalue weighted by Gasteiger charge is 2.28. The first-order valence-electron chi connectivity index (χ1n) is 5.87. The molecule has 0 aliphatic carbocycles. The zero-order valence-electron chi connectivity index (χ0n) is 10.1. The Morgan fingerprint density at radius 1 is 1.61 bits per heavy atom. The third-order valence-electron chi connectivity index (χ3n) is 2.71. The number of aromatic carboxylic acids is 1. The summed E-state index contributed by atoms with van der Waals surface area (Å²) in [6.45, 7) is 3.63. The van der Waals surface area contributed by atoms with Crippen molar-refractivity contribution in [1.82, 2.24) is 4.98 Å². The molecule has 2 atom stereocenters. The Morgan fingerprint density at radius 3 is 3.17 bits per heavy atom. The van der Waals surface area contributed by atoms with Crippen molar-refractivity contribution >= 4 is 11.8 Å². The fourth-order valence-corrected chi connectivity index (χ4v) is 1.87. The number of ether oxygens (including phenoxy) is 2. The lowest BCUT2D eigenvalue weighted by Gasteiger charge is -2.19. The van der Waals surface area contributed by atoms with Crippen LogP contribution in [0.3, 0.4) is 0 Å². The second-order valence-electron chi connectivity index (χ2n) is 4.00. The average Bonchev–Trinajstić information content (AvgIpc) is 2.77. The van der Waals surface area contributed by atoms with Crippen LogP contribution in [0.15, 0.2) is 18.2 Å². The van der Waals surface area contributed by atoms with Gasteiger partial charge in [0.25, 0.3) is 0 Å². The normalized spacial score (nSPS) is 22.9. The Bertz CT molecular complexity index is 424. The summed E-state index contributed by atoms with van der Waals surface area (Å²) in [5.74, 6) is -0.516. The van der Waals surface area contributed by atoms with Gasteiger partial charge in [-0.15, -0.1) is 0 Å². The van der Waals surface area contributed by atoms with Gasteiger partial charge in [0.1, 0.15) is 11.9 Å². The zero-order valence-corrected chi connectivity index (χ0v) is 10.1. The zero-order chi connectivity index (χ0) is 13.0. The molecule has 2 heterocycles. The topological polar surface area (TPSA) is 80.7 Å². The minimum absolute atomic E-state index is 0.00138. The molecule has 2 rings (SSSR count). The molecule has 0 radical (unpaired) electrons. The molecule has 0 saturated carbocycles. The van der Waals surface area contributed by atoms with Crippen LogP contribution in [-0.4, -0.2) is 48.0 Å². The van der Waals surface area contributed by atoms with Gasteiger partial charge in [-0.05, 0) is 19.1 Å². The van der Waals surface area contributed by atoms with E-state index in [0.29, 0.717) is 25.6 Å². The summed E-state index contributed by atoms with van der Waals surface area (Å²) in [6.07, 6.45) is -0.0229. The molecule has 0 unspecified atom stereocenters. The summed E-state index contributed by atoms with van der Waals surface area (Å²) in [6, 6.07) is 4.85. The van der Waals surface area contributed by atoms with E-state index in [0.717, 1.165) is 0 Å². The molecule has 6 heteroatoms. The minimum Gasteiger partial charge on any atom is -0.477 e. The molecular formula is C12H16N2O4. The number of rotatable bonds is 5. The SMILES string of the molecule is CCO[C@@H]1COC[C@H]1Nc1cccc(C(=O)O)n1. The molecule has 1 aromatic rings. The number of anilines is 1. The Labute approximate surface area is 105 Å². The van der Waals surface area contributed by atoms with Crippen molar-refractivity contribution in [3.05, 3.63) is 23.9 Å². The van der Waals surface area contributed by atoms with Gasteiger partial charge in [0.2, 0.25) is 0 Å². The van der Waals surface area contributed by atoms with Gasteiger partial charge >= 0.3 is 5.97 Å². The maximum atomic E-state index is 10.8. The van der Waals surface area contributed by atoms with Crippen molar-refractivity contribution in [2.24, 2.45) is 0 Å². The molecule has 98 valence electrons. The fourth-order valence-electron chi connectivity index (χ4n) is 1.87. The maximum absolute atomic E-state index is 10.8. The van der Waals surface area contributed by atoms with Gasteiger partial charge in [0, 0.05) is 6.61 Å². The fraction of sp³-hybridized carbons (Fsp3) is 0.500. The van der Waals surface area contributed by atoms with Crippen LogP contribution >= 0.6 is 0 Å². The highest BCUT2D eigenvalue weighted by atomic mass is 16.5. The number of carboxylic acids is 1. The number of carbonyl (C=O) groups is 1. The van der Waals surface area contributed by atoms with Crippen LogP contribution in [0.5, 0.6) is 0 Å². The molecule has 1 saturated heterocycles. The van der Waals surface area contributed by atoms with E-state index in [1.54, 1.807) is 12.1 Å². The predicted octanol–water partition coefficient (Wildman–Crippen LogP) is 0.996. The molecule has 0 bridgehead atoms. The highest BCUT2D eigenvalue weighted by Crippen LogP contribution is 2.15. The lowest BCUT2D eigenvalue weighted by Crippen LogP contribution is -2.34. The van der Waals surface area contributed by atoms with Gasteiger partial charge in [-0.1, -0.05) is 6.07 Å². The van der Waals surface area contributed by atoms with Crippen LogP contribution < -0.4 is 5.32 Å². The molecule has 0 spiro atoms. The van der Waals surface area contributed by atoms with Crippen LogP contribution in [0.1, 0.15) is 17.4 Å². The summed E-state index contributed by atoms with van der Waals surface area (Å²) < 4.78 is 10.9. The summed E-state index contributed by atoms with van der Waals surface area (Å²) >= 11 is 0. The van der Waals surface area contributed by atoms with Crippen LogP contribution in [0.4, 0.5) is 5.82 Å². The molecule has 1 aromatic heterocycles. The largest absolute Gasteiger partial charge is 0.477 e. The number of aromatic nitrogens is 1. The standard InChI is InChI=1S/C12H16N2O4/c1-2-18-10-7-17-6-9(10)14-11-5-3-4-8(13-11)12(15)16/h3-5,9-10H,2,6-7H2,1H3,(H,13,14)(H,15,16)/t9-,10-/m1/s1. The van der Waals surface area contributed by atoms with E-state index in [2.05, 4.69) is 10.3 Å². The lowest BCUT2D eigenvalue weighted by atomic mass is 10.2. The molecule has 1 fully saturated rings. The minimum atomic E-state index is -1.04. The summed E-state index contributed by atoms with van der Waals surface area (Å²) in [7, 11) is 0. The van der Waals surface area contributed by atoms with E-state index in [9.17, 15) is 4.79 Å².